The lowest BCUT2D eigenvalue weighted by Crippen LogP contribution is -2.28. The van der Waals surface area contributed by atoms with Crippen LogP contribution in [0.4, 0.5) is 5.69 Å². The molecule has 5 heteroatoms. The van der Waals surface area contributed by atoms with E-state index in [4.69, 9.17) is 9.15 Å². The van der Waals surface area contributed by atoms with Gasteiger partial charge in [-0.15, -0.1) is 0 Å². The molecular formula is C15H16N2O3. The maximum atomic E-state index is 12.5. The van der Waals surface area contributed by atoms with Crippen molar-refractivity contribution in [2.75, 3.05) is 25.5 Å². The quantitative estimate of drug-likeness (QED) is 0.932. The van der Waals surface area contributed by atoms with Gasteiger partial charge < -0.3 is 19.4 Å². The van der Waals surface area contributed by atoms with E-state index >= 15 is 0 Å². The number of amides is 1. The highest BCUT2D eigenvalue weighted by Gasteiger charge is 2.21. The average Bonchev–Trinajstić information content (AvgIpc) is 2.99. The van der Waals surface area contributed by atoms with E-state index in [-0.39, 0.29) is 5.91 Å². The van der Waals surface area contributed by atoms with E-state index in [1.54, 1.807) is 24.3 Å². The number of benzene rings is 1. The topological polar surface area (TPSA) is 54.7 Å². The molecule has 20 heavy (non-hydrogen) atoms. The molecular weight excluding hydrogens is 256 g/mol. The molecule has 104 valence electrons. The molecule has 1 aliphatic rings. The summed E-state index contributed by atoms with van der Waals surface area (Å²) in [5.74, 6) is 1.31. The summed E-state index contributed by atoms with van der Waals surface area (Å²) < 4.78 is 10.9. The van der Waals surface area contributed by atoms with Gasteiger partial charge in [-0.2, -0.15) is 0 Å². The molecule has 0 saturated carbocycles. The van der Waals surface area contributed by atoms with Crippen molar-refractivity contribution in [2.45, 2.75) is 6.54 Å². The highest BCUT2D eigenvalue weighted by Crippen LogP contribution is 2.32. The van der Waals surface area contributed by atoms with E-state index in [1.807, 2.05) is 24.3 Å². The van der Waals surface area contributed by atoms with Gasteiger partial charge in [-0.25, -0.2) is 0 Å². The normalized spacial score (nSPS) is 13.1. The molecule has 1 aliphatic heterocycles. The van der Waals surface area contributed by atoms with E-state index in [2.05, 4.69) is 5.32 Å². The Kier molecular flexibility index (Phi) is 3.33. The van der Waals surface area contributed by atoms with Crippen molar-refractivity contribution in [3.8, 4) is 5.75 Å². The number of para-hydroxylation sites is 1. The number of carbonyl (C=O) groups excluding carboxylic acids is 1. The first-order valence-electron chi connectivity index (χ1n) is 6.53. The van der Waals surface area contributed by atoms with Gasteiger partial charge >= 0.3 is 0 Å². The minimum atomic E-state index is -0.0815. The van der Waals surface area contributed by atoms with Gasteiger partial charge in [0.1, 0.15) is 12.4 Å². The second kappa shape index (κ2) is 5.28. The van der Waals surface area contributed by atoms with Gasteiger partial charge in [-0.1, -0.05) is 6.07 Å². The second-order valence-electron chi connectivity index (χ2n) is 4.70. The van der Waals surface area contributed by atoms with Gasteiger partial charge in [-0.05, 0) is 24.3 Å². The molecule has 0 fully saturated rings. The third kappa shape index (κ3) is 2.34. The van der Waals surface area contributed by atoms with Crippen LogP contribution >= 0.6 is 0 Å². The highest BCUT2D eigenvalue weighted by molar-refractivity contribution is 5.98. The molecule has 0 atom stereocenters. The molecule has 2 aromatic rings. The summed E-state index contributed by atoms with van der Waals surface area (Å²) in [4.78, 5) is 14.1. The van der Waals surface area contributed by atoms with Crippen molar-refractivity contribution < 1.29 is 13.9 Å². The molecule has 0 unspecified atom stereocenters. The molecule has 1 N–H and O–H groups in total. The summed E-state index contributed by atoms with van der Waals surface area (Å²) in [6.07, 6.45) is 1.60. The summed E-state index contributed by atoms with van der Waals surface area (Å²) in [7, 11) is 1.75. The average molecular weight is 272 g/mol. The Balaban J connectivity index is 1.83. The van der Waals surface area contributed by atoms with Gasteiger partial charge in [0.2, 0.25) is 0 Å². The Bertz CT molecular complexity index is 608. The van der Waals surface area contributed by atoms with Crippen LogP contribution in [0.2, 0.25) is 0 Å². The third-order valence-corrected chi connectivity index (χ3v) is 3.23. The third-order valence-electron chi connectivity index (χ3n) is 3.23. The summed E-state index contributed by atoms with van der Waals surface area (Å²) in [6, 6.07) is 9.21. The molecule has 0 bridgehead atoms. The van der Waals surface area contributed by atoms with Gasteiger partial charge in [0, 0.05) is 13.6 Å². The number of nitrogens with zero attached hydrogens (tertiary/aromatic N) is 1. The number of anilines is 1. The van der Waals surface area contributed by atoms with Crippen LogP contribution in [0, 0.1) is 0 Å². The summed E-state index contributed by atoms with van der Waals surface area (Å²) >= 11 is 0. The number of hydrogen-bond acceptors (Lipinski definition) is 4. The molecule has 0 radical (unpaired) electrons. The lowest BCUT2D eigenvalue weighted by atomic mass is 10.1. The number of fused-ring (bicyclic) bond motifs is 1. The monoisotopic (exact) mass is 272 g/mol. The molecule has 0 saturated heterocycles. The minimum absolute atomic E-state index is 0.0815. The zero-order valence-electron chi connectivity index (χ0n) is 11.3. The van der Waals surface area contributed by atoms with Crippen LogP contribution in [0.5, 0.6) is 5.75 Å². The van der Waals surface area contributed by atoms with E-state index < -0.39 is 0 Å². The fourth-order valence-corrected chi connectivity index (χ4v) is 2.25. The summed E-state index contributed by atoms with van der Waals surface area (Å²) in [5, 5.41) is 3.23. The Morgan fingerprint density at radius 3 is 3.05 bits per heavy atom. The standard InChI is InChI=1S/C15H16N2O3/c1-17(10-11-4-3-8-19-11)15(18)12-5-2-6-13-14(12)20-9-7-16-13/h2-6,8,16H,7,9-10H2,1H3. The van der Waals surface area contributed by atoms with Gasteiger partial charge in [0.25, 0.3) is 5.91 Å². The number of nitrogens with one attached hydrogen (secondary N) is 1. The maximum Gasteiger partial charge on any atom is 0.257 e. The molecule has 1 aromatic heterocycles. The van der Waals surface area contributed by atoms with Crippen LogP contribution in [0.1, 0.15) is 16.1 Å². The number of furan rings is 1. The first kappa shape index (κ1) is 12.6. The SMILES string of the molecule is CN(Cc1ccco1)C(=O)c1cccc2c1OCCN2. The van der Waals surface area contributed by atoms with E-state index in [9.17, 15) is 4.79 Å². The lowest BCUT2D eigenvalue weighted by Gasteiger charge is -2.23. The fraction of sp³-hybridized carbons (Fsp3) is 0.267. The minimum Gasteiger partial charge on any atom is -0.489 e. The maximum absolute atomic E-state index is 12.5. The second-order valence-corrected chi connectivity index (χ2v) is 4.70. The van der Waals surface area contributed by atoms with Crippen molar-refractivity contribution >= 4 is 11.6 Å². The number of ether oxygens (including phenoxy) is 1. The van der Waals surface area contributed by atoms with Gasteiger partial charge in [0.15, 0.2) is 5.75 Å². The fourth-order valence-electron chi connectivity index (χ4n) is 2.25. The largest absolute Gasteiger partial charge is 0.489 e. The highest BCUT2D eigenvalue weighted by atomic mass is 16.5. The predicted octanol–water partition coefficient (Wildman–Crippen LogP) is 2.36. The van der Waals surface area contributed by atoms with Gasteiger partial charge in [0.05, 0.1) is 24.1 Å². The van der Waals surface area contributed by atoms with E-state index in [1.165, 1.54) is 0 Å². The number of rotatable bonds is 3. The Labute approximate surface area is 117 Å². The van der Waals surface area contributed by atoms with Crippen LogP contribution in [-0.2, 0) is 6.54 Å². The van der Waals surface area contributed by atoms with Crippen molar-refractivity contribution in [3.05, 3.63) is 47.9 Å². The molecule has 5 nitrogen and oxygen atoms in total. The van der Waals surface area contributed by atoms with Crippen LogP contribution < -0.4 is 10.1 Å². The predicted molar refractivity (Wildman–Crippen MR) is 74.9 cm³/mol. The van der Waals surface area contributed by atoms with Crippen molar-refractivity contribution in [1.29, 1.82) is 0 Å². The molecule has 0 spiro atoms. The van der Waals surface area contributed by atoms with Crippen LogP contribution in [0.15, 0.2) is 41.0 Å². The zero-order chi connectivity index (χ0) is 13.9. The van der Waals surface area contributed by atoms with Crippen LogP contribution in [-0.4, -0.2) is 31.0 Å². The van der Waals surface area contributed by atoms with Crippen molar-refractivity contribution in [2.24, 2.45) is 0 Å². The molecule has 1 aromatic carbocycles. The van der Waals surface area contributed by atoms with Crippen LogP contribution in [0.25, 0.3) is 0 Å². The molecule has 2 heterocycles. The number of carbonyl (C=O) groups is 1. The Hall–Kier alpha value is -2.43. The number of hydrogen-bond donors (Lipinski definition) is 1. The first-order chi connectivity index (χ1) is 9.75. The van der Waals surface area contributed by atoms with Crippen molar-refractivity contribution in [1.82, 2.24) is 4.90 Å². The molecule has 1 amide bonds. The lowest BCUT2D eigenvalue weighted by molar-refractivity contribution is 0.0771. The van der Waals surface area contributed by atoms with E-state index in [0.29, 0.717) is 24.5 Å². The smallest absolute Gasteiger partial charge is 0.257 e. The molecule has 3 rings (SSSR count). The van der Waals surface area contributed by atoms with Crippen molar-refractivity contribution in [3.63, 3.8) is 0 Å². The van der Waals surface area contributed by atoms with Gasteiger partial charge in [-0.3, -0.25) is 4.79 Å². The first-order valence-corrected chi connectivity index (χ1v) is 6.53. The van der Waals surface area contributed by atoms with E-state index in [0.717, 1.165) is 18.0 Å². The van der Waals surface area contributed by atoms with Crippen LogP contribution in [0.3, 0.4) is 0 Å². The zero-order valence-corrected chi connectivity index (χ0v) is 11.3. The Morgan fingerprint density at radius 2 is 2.25 bits per heavy atom. The summed E-state index contributed by atoms with van der Waals surface area (Å²) in [6.45, 7) is 1.76. The molecule has 0 aliphatic carbocycles. The summed E-state index contributed by atoms with van der Waals surface area (Å²) in [5.41, 5.74) is 1.44. The Morgan fingerprint density at radius 1 is 1.35 bits per heavy atom.